The molecule has 0 saturated carbocycles. The Kier molecular flexibility index (Phi) is 3.94. The Labute approximate surface area is 94.3 Å². The Morgan fingerprint density at radius 1 is 1.07 bits per heavy atom. The second-order valence-corrected chi connectivity index (χ2v) is 2.76. The van der Waals surface area contributed by atoms with Gasteiger partial charge in [0.25, 0.3) is 0 Å². The topological polar surface area (TPSA) is 38.1 Å². The van der Waals surface area contributed by atoms with Gasteiger partial charge in [-0.25, -0.2) is 15.0 Å². The first-order valence-corrected chi connectivity index (χ1v) is 4.25. The summed E-state index contributed by atoms with van der Waals surface area (Å²) in [4.78, 5) is 12.1. The lowest BCUT2D eigenvalue weighted by Gasteiger charge is -1.99. The Bertz CT molecular complexity index is 443. The van der Waals surface area contributed by atoms with Gasteiger partial charge in [0, 0.05) is 17.8 Å². The first-order valence-electron chi connectivity index (χ1n) is 4.25. The molecular weight excluding hydrogens is 210 g/mol. The van der Waals surface area contributed by atoms with Crippen molar-refractivity contribution in [2.75, 3.05) is 0 Å². The molecule has 0 fully saturated rings. The van der Waals surface area contributed by atoms with E-state index in [0.29, 0.717) is 11.6 Å². The minimum absolute atomic E-state index is 0. The molecule has 0 unspecified atom stereocenters. The monoisotopic (exact) mass is 219 g/mol. The highest BCUT2D eigenvalue weighted by Gasteiger charge is 1.99. The van der Waals surface area contributed by atoms with E-state index >= 15 is 0 Å². The standard InChI is InChI=1S/C11H9N3.ClH/c1-12-10-7-8-13-11(14-10)9-5-3-2-4-6-9;/h2-8H,1H2;1H. The molecule has 0 saturated heterocycles. The largest absolute Gasteiger partial charge is 0.245 e. The number of hydrogen-bond donors (Lipinski definition) is 0. The van der Waals surface area contributed by atoms with Gasteiger partial charge in [0.1, 0.15) is 0 Å². The lowest BCUT2D eigenvalue weighted by molar-refractivity contribution is 1.16. The molecule has 2 rings (SSSR count). The number of benzene rings is 1. The predicted octanol–water partition coefficient (Wildman–Crippen LogP) is 2.90. The molecule has 0 N–H and O–H groups in total. The third-order valence-electron chi connectivity index (χ3n) is 1.83. The van der Waals surface area contributed by atoms with Crippen LogP contribution in [0.3, 0.4) is 0 Å². The summed E-state index contributed by atoms with van der Waals surface area (Å²) in [5, 5.41) is 0. The summed E-state index contributed by atoms with van der Waals surface area (Å²) in [6.45, 7) is 3.43. The minimum atomic E-state index is 0. The van der Waals surface area contributed by atoms with Crippen molar-refractivity contribution in [2.24, 2.45) is 4.99 Å². The Hall–Kier alpha value is -1.74. The molecule has 0 aliphatic heterocycles. The van der Waals surface area contributed by atoms with Crippen LogP contribution >= 0.6 is 12.4 Å². The minimum Gasteiger partial charge on any atom is -0.245 e. The van der Waals surface area contributed by atoms with Crippen molar-refractivity contribution < 1.29 is 0 Å². The maximum Gasteiger partial charge on any atom is 0.161 e. The molecule has 76 valence electrons. The molecule has 2 aromatic rings. The molecule has 3 nitrogen and oxygen atoms in total. The van der Waals surface area contributed by atoms with E-state index in [2.05, 4.69) is 21.7 Å². The van der Waals surface area contributed by atoms with E-state index in [-0.39, 0.29) is 12.4 Å². The van der Waals surface area contributed by atoms with E-state index in [1.165, 1.54) is 0 Å². The van der Waals surface area contributed by atoms with E-state index < -0.39 is 0 Å². The summed E-state index contributed by atoms with van der Waals surface area (Å²) >= 11 is 0. The third kappa shape index (κ3) is 2.60. The fourth-order valence-corrected chi connectivity index (χ4v) is 1.16. The van der Waals surface area contributed by atoms with Crippen molar-refractivity contribution >= 4 is 24.9 Å². The van der Waals surface area contributed by atoms with Crippen molar-refractivity contribution in [3.63, 3.8) is 0 Å². The normalized spacial score (nSPS) is 9.07. The van der Waals surface area contributed by atoms with E-state index in [0.717, 1.165) is 5.56 Å². The Balaban J connectivity index is 0.00000112. The highest BCUT2D eigenvalue weighted by Crippen LogP contribution is 2.16. The number of rotatable bonds is 2. The van der Waals surface area contributed by atoms with Crippen molar-refractivity contribution in [3.8, 4) is 11.4 Å². The Morgan fingerprint density at radius 2 is 1.80 bits per heavy atom. The quantitative estimate of drug-likeness (QED) is 0.729. The number of aromatic nitrogens is 2. The lowest BCUT2D eigenvalue weighted by Crippen LogP contribution is -1.86. The van der Waals surface area contributed by atoms with Gasteiger partial charge >= 0.3 is 0 Å². The fourth-order valence-electron chi connectivity index (χ4n) is 1.16. The predicted molar refractivity (Wildman–Crippen MR) is 63.9 cm³/mol. The first kappa shape index (κ1) is 11.3. The number of halogens is 1. The first-order chi connectivity index (χ1) is 6.90. The number of nitrogens with zero attached hydrogens (tertiary/aromatic N) is 3. The summed E-state index contributed by atoms with van der Waals surface area (Å²) in [6.07, 6.45) is 1.68. The molecule has 15 heavy (non-hydrogen) atoms. The van der Waals surface area contributed by atoms with E-state index in [1.807, 2.05) is 30.3 Å². The van der Waals surface area contributed by atoms with Gasteiger partial charge in [-0.05, 0) is 6.72 Å². The average Bonchev–Trinajstić information content (AvgIpc) is 2.30. The smallest absolute Gasteiger partial charge is 0.161 e. The van der Waals surface area contributed by atoms with Crippen LogP contribution in [0.4, 0.5) is 5.82 Å². The fraction of sp³-hybridized carbons (Fsp3) is 0. The zero-order valence-electron chi connectivity index (χ0n) is 8.00. The summed E-state index contributed by atoms with van der Waals surface area (Å²) < 4.78 is 0. The van der Waals surface area contributed by atoms with Crippen molar-refractivity contribution in [2.45, 2.75) is 0 Å². The molecular formula is C11H10ClN3. The van der Waals surface area contributed by atoms with Crippen LogP contribution in [0.25, 0.3) is 11.4 Å². The van der Waals surface area contributed by atoms with Gasteiger partial charge < -0.3 is 0 Å². The summed E-state index contributed by atoms with van der Waals surface area (Å²) in [6, 6.07) is 11.5. The molecule has 1 aromatic carbocycles. The molecule has 0 spiro atoms. The van der Waals surface area contributed by atoms with Crippen molar-refractivity contribution in [1.29, 1.82) is 0 Å². The van der Waals surface area contributed by atoms with Crippen LogP contribution in [0.2, 0.25) is 0 Å². The lowest BCUT2D eigenvalue weighted by atomic mass is 10.2. The maximum absolute atomic E-state index is 4.22. The molecule has 1 aromatic heterocycles. The molecule has 0 radical (unpaired) electrons. The van der Waals surface area contributed by atoms with E-state index in [9.17, 15) is 0 Å². The van der Waals surface area contributed by atoms with Crippen molar-refractivity contribution in [3.05, 3.63) is 42.6 Å². The second-order valence-electron chi connectivity index (χ2n) is 2.76. The second kappa shape index (κ2) is 5.22. The molecule has 1 heterocycles. The summed E-state index contributed by atoms with van der Waals surface area (Å²) in [7, 11) is 0. The molecule has 0 aliphatic carbocycles. The van der Waals surface area contributed by atoms with Crippen LogP contribution < -0.4 is 0 Å². The molecule has 0 atom stereocenters. The SMILES string of the molecule is C=Nc1ccnc(-c2ccccc2)n1.Cl. The molecule has 4 heteroatoms. The Morgan fingerprint density at radius 3 is 2.47 bits per heavy atom. The van der Waals surface area contributed by atoms with Gasteiger partial charge in [-0.3, -0.25) is 0 Å². The van der Waals surface area contributed by atoms with Gasteiger partial charge in [0.05, 0.1) is 0 Å². The average molecular weight is 220 g/mol. The molecule has 0 aliphatic rings. The molecule has 0 bridgehead atoms. The molecule has 0 amide bonds. The maximum atomic E-state index is 4.22. The zero-order valence-corrected chi connectivity index (χ0v) is 8.81. The number of hydrogen-bond acceptors (Lipinski definition) is 3. The third-order valence-corrected chi connectivity index (χ3v) is 1.83. The van der Waals surface area contributed by atoms with Crippen LogP contribution in [-0.2, 0) is 0 Å². The van der Waals surface area contributed by atoms with E-state index in [1.54, 1.807) is 12.3 Å². The highest BCUT2D eigenvalue weighted by molar-refractivity contribution is 5.85. The summed E-state index contributed by atoms with van der Waals surface area (Å²) in [5.74, 6) is 1.27. The van der Waals surface area contributed by atoms with Crippen LogP contribution in [0.5, 0.6) is 0 Å². The number of aliphatic imine (C=N–C) groups is 1. The highest BCUT2D eigenvalue weighted by atomic mass is 35.5. The van der Waals surface area contributed by atoms with Gasteiger partial charge in [-0.1, -0.05) is 30.3 Å². The van der Waals surface area contributed by atoms with Crippen LogP contribution in [0.1, 0.15) is 0 Å². The van der Waals surface area contributed by atoms with Gasteiger partial charge in [0.15, 0.2) is 11.6 Å². The summed E-state index contributed by atoms with van der Waals surface area (Å²) in [5.41, 5.74) is 0.984. The van der Waals surface area contributed by atoms with Crippen molar-refractivity contribution in [1.82, 2.24) is 9.97 Å². The van der Waals surface area contributed by atoms with Gasteiger partial charge in [-0.15, -0.1) is 12.4 Å². The van der Waals surface area contributed by atoms with E-state index in [4.69, 9.17) is 0 Å². The van der Waals surface area contributed by atoms with Gasteiger partial charge in [-0.2, -0.15) is 0 Å². The van der Waals surface area contributed by atoms with Gasteiger partial charge in [0.2, 0.25) is 0 Å². The van der Waals surface area contributed by atoms with Crippen LogP contribution in [-0.4, -0.2) is 16.7 Å². The zero-order chi connectivity index (χ0) is 9.80. The van der Waals surface area contributed by atoms with Crippen LogP contribution in [0.15, 0.2) is 47.6 Å². The van der Waals surface area contributed by atoms with Crippen LogP contribution in [0, 0.1) is 0 Å².